The molecule has 2 rings (SSSR count). The first-order valence-corrected chi connectivity index (χ1v) is 5.54. The van der Waals surface area contributed by atoms with Crippen molar-refractivity contribution in [3.63, 3.8) is 0 Å². The third-order valence-electron chi connectivity index (χ3n) is 2.45. The number of carbonyl (C=O) groups is 1. The lowest BCUT2D eigenvalue weighted by Gasteiger charge is -2.08. The second-order valence-electron chi connectivity index (χ2n) is 4.03. The molecule has 0 atom stereocenters. The second kappa shape index (κ2) is 5.31. The van der Waals surface area contributed by atoms with Gasteiger partial charge in [0, 0.05) is 12.3 Å². The lowest BCUT2D eigenvalue weighted by atomic mass is 10.2. The van der Waals surface area contributed by atoms with Crippen LogP contribution in [-0.2, 0) is 0 Å². The van der Waals surface area contributed by atoms with Crippen molar-refractivity contribution in [2.75, 3.05) is 5.32 Å². The number of aromatic nitrogens is 2. The maximum Gasteiger partial charge on any atom is 0.339 e. The van der Waals surface area contributed by atoms with E-state index in [0.717, 1.165) is 17.8 Å². The third kappa shape index (κ3) is 2.86. The number of carboxylic acids is 1. The van der Waals surface area contributed by atoms with Gasteiger partial charge in [-0.1, -0.05) is 0 Å². The molecule has 2 aromatic rings. The molecule has 2 aromatic heterocycles. The van der Waals surface area contributed by atoms with Crippen LogP contribution in [-0.4, -0.2) is 26.0 Å². The first-order chi connectivity index (χ1) is 9.47. The van der Waals surface area contributed by atoms with E-state index in [1.165, 1.54) is 6.20 Å². The minimum Gasteiger partial charge on any atom is -0.478 e. The van der Waals surface area contributed by atoms with E-state index in [-0.39, 0.29) is 17.1 Å². The molecule has 20 heavy (non-hydrogen) atoms. The normalized spacial score (nSPS) is 10.1. The predicted molar refractivity (Wildman–Crippen MR) is 70.1 cm³/mol. The molecule has 2 N–H and O–H groups in total. The number of hydrogen-bond donors (Lipinski definition) is 2. The minimum absolute atomic E-state index is 0.0236. The van der Waals surface area contributed by atoms with E-state index in [1.807, 2.05) is 6.92 Å². The highest BCUT2D eigenvalue weighted by Crippen LogP contribution is 2.22. The highest BCUT2D eigenvalue weighted by atomic mass is 16.6. The highest BCUT2D eigenvalue weighted by Gasteiger charge is 2.17. The zero-order valence-corrected chi connectivity index (χ0v) is 10.4. The zero-order valence-electron chi connectivity index (χ0n) is 10.4. The monoisotopic (exact) mass is 274 g/mol. The van der Waals surface area contributed by atoms with E-state index < -0.39 is 10.9 Å². The van der Waals surface area contributed by atoms with Gasteiger partial charge in [-0.05, 0) is 18.6 Å². The van der Waals surface area contributed by atoms with Gasteiger partial charge in [-0.3, -0.25) is 15.1 Å². The van der Waals surface area contributed by atoms with Gasteiger partial charge in [0.25, 0.3) is 5.69 Å². The summed E-state index contributed by atoms with van der Waals surface area (Å²) in [5, 5.41) is 22.5. The van der Waals surface area contributed by atoms with Crippen molar-refractivity contribution >= 4 is 23.2 Å². The van der Waals surface area contributed by atoms with Crippen molar-refractivity contribution in [1.29, 1.82) is 0 Å². The quantitative estimate of drug-likeness (QED) is 0.647. The van der Waals surface area contributed by atoms with Gasteiger partial charge >= 0.3 is 5.97 Å². The first-order valence-electron chi connectivity index (χ1n) is 5.54. The van der Waals surface area contributed by atoms with Crippen LogP contribution in [0.15, 0.2) is 30.7 Å². The van der Waals surface area contributed by atoms with Crippen LogP contribution in [0.3, 0.4) is 0 Å². The highest BCUT2D eigenvalue weighted by molar-refractivity contribution is 5.94. The molecule has 8 nitrogen and oxygen atoms in total. The average molecular weight is 274 g/mol. The number of rotatable bonds is 4. The summed E-state index contributed by atoms with van der Waals surface area (Å²) in [5.74, 6) is -1.28. The molecule has 0 saturated carbocycles. The Bertz CT molecular complexity index is 687. The molecule has 8 heteroatoms. The first kappa shape index (κ1) is 13.4. The van der Waals surface area contributed by atoms with Crippen LogP contribution in [0.5, 0.6) is 0 Å². The molecule has 0 bridgehead atoms. The molecule has 0 fully saturated rings. The van der Waals surface area contributed by atoms with Crippen LogP contribution in [0.25, 0.3) is 0 Å². The van der Waals surface area contributed by atoms with Gasteiger partial charge in [-0.15, -0.1) is 0 Å². The Morgan fingerprint density at radius 3 is 2.70 bits per heavy atom. The molecular weight excluding hydrogens is 264 g/mol. The standard InChI is InChI=1S/C12H10N4O4/c1-7-2-8(5-13-4-7)15-11-10(12(17)18)3-9(6-14-11)16(19)20/h2-6H,1H3,(H,14,15)(H,17,18). The van der Waals surface area contributed by atoms with Gasteiger partial charge in [-0.2, -0.15) is 0 Å². The number of carboxylic acid groups (broad SMARTS) is 1. The molecule has 0 aliphatic carbocycles. The fraction of sp³-hybridized carbons (Fsp3) is 0.0833. The van der Waals surface area contributed by atoms with E-state index in [2.05, 4.69) is 15.3 Å². The fourth-order valence-corrected chi connectivity index (χ4v) is 1.58. The van der Waals surface area contributed by atoms with E-state index in [1.54, 1.807) is 12.3 Å². The summed E-state index contributed by atoms with van der Waals surface area (Å²) in [6, 6.07) is 2.71. The number of anilines is 2. The average Bonchev–Trinajstić information content (AvgIpc) is 2.38. The van der Waals surface area contributed by atoms with Crippen LogP contribution >= 0.6 is 0 Å². The molecule has 0 unspecified atom stereocenters. The second-order valence-corrected chi connectivity index (χ2v) is 4.03. The lowest BCUT2D eigenvalue weighted by Crippen LogP contribution is -2.06. The fourth-order valence-electron chi connectivity index (χ4n) is 1.58. The van der Waals surface area contributed by atoms with E-state index in [0.29, 0.717) is 5.69 Å². The minimum atomic E-state index is -1.30. The van der Waals surface area contributed by atoms with Gasteiger partial charge in [0.2, 0.25) is 0 Å². The maximum atomic E-state index is 11.1. The molecule has 0 radical (unpaired) electrons. The van der Waals surface area contributed by atoms with E-state index in [9.17, 15) is 14.9 Å². The SMILES string of the molecule is Cc1cncc(Nc2ncc([N+](=O)[O-])cc2C(=O)O)c1. The van der Waals surface area contributed by atoms with Crippen molar-refractivity contribution in [2.24, 2.45) is 0 Å². The van der Waals surface area contributed by atoms with Gasteiger partial charge in [-0.25, -0.2) is 9.78 Å². The summed E-state index contributed by atoms with van der Waals surface area (Å²) >= 11 is 0. The Kier molecular flexibility index (Phi) is 3.56. The van der Waals surface area contributed by atoms with Gasteiger partial charge < -0.3 is 10.4 Å². The molecule has 0 aliphatic rings. The van der Waals surface area contributed by atoms with Crippen molar-refractivity contribution in [1.82, 2.24) is 9.97 Å². The number of aryl methyl sites for hydroxylation is 1. The van der Waals surface area contributed by atoms with Crippen molar-refractivity contribution < 1.29 is 14.8 Å². The Morgan fingerprint density at radius 1 is 1.35 bits per heavy atom. The smallest absolute Gasteiger partial charge is 0.339 e. The number of pyridine rings is 2. The molecule has 0 amide bonds. The Balaban J connectivity index is 2.41. The topological polar surface area (TPSA) is 118 Å². The van der Waals surface area contributed by atoms with Gasteiger partial charge in [0.15, 0.2) is 0 Å². The molecule has 0 saturated heterocycles. The van der Waals surface area contributed by atoms with Crippen molar-refractivity contribution in [3.8, 4) is 0 Å². The Morgan fingerprint density at radius 2 is 2.10 bits per heavy atom. The zero-order chi connectivity index (χ0) is 14.7. The largest absolute Gasteiger partial charge is 0.478 e. The molecule has 0 aromatic carbocycles. The number of nitrogens with one attached hydrogen (secondary N) is 1. The van der Waals surface area contributed by atoms with Crippen LogP contribution in [0.1, 0.15) is 15.9 Å². The van der Waals surface area contributed by atoms with Crippen LogP contribution in [0, 0.1) is 17.0 Å². The summed E-state index contributed by atoms with van der Waals surface area (Å²) < 4.78 is 0. The summed E-state index contributed by atoms with van der Waals surface area (Å²) in [4.78, 5) is 28.8. The third-order valence-corrected chi connectivity index (χ3v) is 2.45. The number of nitrogens with zero attached hydrogens (tertiary/aromatic N) is 3. The maximum absolute atomic E-state index is 11.1. The van der Waals surface area contributed by atoms with Crippen LogP contribution < -0.4 is 5.32 Å². The summed E-state index contributed by atoms with van der Waals surface area (Å²) in [7, 11) is 0. The van der Waals surface area contributed by atoms with Crippen molar-refractivity contribution in [2.45, 2.75) is 6.92 Å². The van der Waals surface area contributed by atoms with Crippen LogP contribution in [0.4, 0.5) is 17.2 Å². The molecule has 0 aliphatic heterocycles. The van der Waals surface area contributed by atoms with E-state index >= 15 is 0 Å². The van der Waals surface area contributed by atoms with Gasteiger partial charge in [0.05, 0.1) is 16.8 Å². The van der Waals surface area contributed by atoms with E-state index in [4.69, 9.17) is 5.11 Å². The molecular formula is C12H10N4O4. The van der Waals surface area contributed by atoms with Crippen molar-refractivity contribution in [3.05, 3.63) is 52.0 Å². The predicted octanol–water partition coefficient (Wildman–Crippen LogP) is 2.14. The summed E-state index contributed by atoms with van der Waals surface area (Å²) in [5.41, 5.74) is 0.777. The summed E-state index contributed by atoms with van der Waals surface area (Å²) in [6.07, 6.45) is 4.15. The molecule has 102 valence electrons. The van der Waals surface area contributed by atoms with Gasteiger partial charge in [0.1, 0.15) is 17.6 Å². The van der Waals surface area contributed by atoms with Crippen LogP contribution in [0.2, 0.25) is 0 Å². The molecule has 0 spiro atoms. The Hall–Kier alpha value is -3.03. The number of nitro groups is 1. The molecule has 2 heterocycles. The lowest BCUT2D eigenvalue weighted by molar-refractivity contribution is -0.385. The summed E-state index contributed by atoms with van der Waals surface area (Å²) in [6.45, 7) is 1.83. The Labute approximate surface area is 113 Å². The number of hydrogen-bond acceptors (Lipinski definition) is 6. The number of aromatic carboxylic acids is 1.